The summed E-state index contributed by atoms with van der Waals surface area (Å²) in [7, 11) is 0. The van der Waals surface area contributed by atoms with Crippen molar-refractivity contribution in [2.45, 2.75) is 18.5 Å². The summed E-state index contributed by atoms with van der Waals surface area (Å²) >= 11 is 7.07. The van der Waals surface area contributed by atoms with Crippen LogP contribution in [0, 0.1) is 17.0 Å². The summed E-state index contributed by atoms with van der Waals surface area (Å²) in [5.74, 6) is 0.474. The van der Waals surface area contributed by atoms with Crippen LogP contribution in [0.5, 0.6) is 0 Å². The molecule has 1 amide bonds. The fraction of sp³-hybridized carbons (Fsp3) is 0.125. The average Bonchev–Trinajstić information content (AvgIpc) is 3.22. The predicted molar refractivity (Wildman–Crippen MR) is 133 cm³/mol. The molecule has 0 saturated carbocycles. The number of aromatic nitrogens is 3. The van der Waals surface area contributed by atoms with Gasteiger partial charge in [0.25, 0.3) is 5.69 Å². The number of nitrogens with zero attached hydrogens (tertiary/aromatic N) is 4. The highest BCUT2D eigenvalue weighted by atomic mass is 35.5. The molecule has 0 saturated heterocycles. The number of rotatable bonds is 8. The van der Waals surface area contributed by atoms with Crippen LogP contribution in [0.2, 0.25) is 5.02 Å². The van der Waals surface area contributed by atoms with Gasteiger partial charge in [-0.3, -0.25) is 19.5 Å². The number of hydrogen-bond donors (Lipinski definition) is 1. The summed E-state index contributed by atoms with van der Waals surface area (Å²) < 4.78 is 1.94. The molecule has 0 bridgehead atoms. The van der Waals surface area contributed by atoms with Crippen molar-refractivity contribution >= 4 is 40.6 Å². The lowest BCUT2D eigenvalue weighted by molar-refractivity contribution is -0.384. The van der Waals surface area contributed by atoms with Gasteiger partial charge < -0.3 is 5.32 Å². The van der Waals surface area contributed by atoms with E-state index in [0.717, 1.165) is 22.6 Å². The number of benzene rings is 3. The zero-order valence-electron chi connectivity index (χ0n) is 18.1. The lowest BCUT2D eigenvalue weighted by atomic mass is 10.1. The Morgan fingerprint density at radius 1 is 1.09 bits per heavy atom. The topological polar surface area (TPSA) is 103 Å². The van der Waals surface area contributed by atoms with Gasteiger partial charge in [-0.05, 0) is 36.8 Å². The molecule has 0 aliphatic rings. The third-order valence-corrected chi connectivity index (χ3v) is 6.21. The molecule has 0 atom stereocenters. The number of thioether (sulfide) groups is 1. The molecule has 3 aromatic carbocycles. The molecule has 8 nitrogen and oxygen atoms in total. The highest BCUT2D eigenvalue weighted by Crippen LogP contribution is 2.28. The van der Waals surface area contributed by atoms with E-state index in [0.29, 0.717) is 17.3 Å². The monoisotopic (exact) mass is 493 g/mol. The van der Waals surface area contributed by atoms with Crippen LogP contribution in [0.25, 0.3) is 5.69 Å². The second kappa shape index (κ2) is 10.5. The molecular formula is C24H20ClN5O3S. The summed E-state index contributed by atoms with van der Waals surface area (Å²) in [6.07, 6.45) is 0.586. The Balaban J connectivity index is 1.53. The lowest BCUT2D eigenvalue weighted by Crippen LogP contribution is -2.15. The number of nitrogens with one attached hydrogen (secondary N) is 1. The molecule has 0 aliphatic carbocycles. The number of nitro benzene ring substituents is 1. The first-order chi connectivity index (χ1) is 16.4. The molecule has 0 spiro atoms. The Morgan fingerprint density at radius 2 is 1.82 bits per heavy atom. The van der Waals surface area contributed by atoms with Crippen LogP contribution in [0.1, 0.15) is 17.0 Å². The number of halogens is 1. The van der Waals surface area contributed by atoms with Gasteiger partial charge in [-0.25, -0.2) is 0 Å². The maximum atomic E-state index is 12.5. The van der Waals surface area contributed by atoms with E-state index in [1.807, 2.05) is 66.1 Å². The maximum absolute atomic E-state index is 12.5. The van der Waals surface area contributed by atoms with Crippen molar-refractivity contribution in [2.24, 2.45) is 0 Å². The molecule has 1 aromatic heterocycles. The molecule has 34 heavy (non-hydrogen) atoms. The first kappa shape index (κ1) is 23.5. The number of anilines is 1. The van der Waals surface area contributed by atoms with Crippen molar-refractivity contribution in [3.05, 3.63) is 105 Å². The highest BCUT2D eigenvalue weighted by Gasteiger charge is 2.18. The van der Waals surface area contributed by atoms with Crippen LogP contribution >= 0.6 is 23.4 Å². The Hall–Kier alpha value is -3.69. The van der Waals surface area contributed by atoms with Crippen LogP contribution < -0.4 is 5.32 Å². The van der Waals surface area contributed by atoms with E-state index in [4.69, 9.17) is 11.6 Å². The van der Waals surface area contributed by atoms with Crippen LogP contribution in [-0.2, 0) is 11.2 Å². The second-order valence-electron chi connectivity index (χ2n) is 7.49. The molecule has 172 valence electrons. The van der Waals surface area contributed by atoms with E-state index in [-0.39, 0.29) is 22.4 Å². The van der Waals surface area contributed by atoms with Gasteiger partial charge in [0.05, 0.1) is 10.7 Å². The zero-order valence-corrected chi connectivity index (χ0v) is 19.7. The van der Waals surface area contributed by atoms with Crippen molar-refractivity contribution in [3.63, 3.8) is 0 Å². The second-order valence-corrected chi connectivity index (χ2v) is 8.84. The average molecular weight is 494 g/mol. The molecule has 4 rings (SSSR count). The number of amides is 1. The fourth-order valence-corrected chi connectivity index (χ4v) is 4.25. The molecule has 0 unspecified atom stereocenters. The van der Waals surface area contributed by atoms with Gasteiger partial charge in [-0.1, -0.05) is 71.4 Å². The van der Waals surface area contributed by atoms with Crippen LogP contribution in [0.3, 0.4) is 0 Å². The number of carbonyl (C=O) groups excluding carboxylic acids is 1. The number of nitro groups is 1. The van der Waals surface area contributed by atoms with Crippen molar-refractivity contribution in [1.29, 1.82) is 0 Å². The number of aryl methyl sites for hydroxylation is 1. The predicted octanol–water partition coefficient (Wildman–Crippen LogP) is 5.46. The maximum Gasteiger partial charge on any atom is 0.289 e. The molecule has 1 heterocycles. The van der Waals surface area contributed by atoms with E-state index in [1.165, 1.54) is 30.0 Å². The standard InChI is InChI=1S/C24H20ClN5O3S/c1-16-7-10-19(11-8-16)29-22(13-17-5-3-2-4-6-17)27-28-24(29)34-15-23(31)26-18-9-12-20(25)21(14-18)30(32)33/h2-12,14H,13,15H2,1H3,(H,26,31). The van der Waals surface area contributed by atoms with E-state index >= 15 is 0 Å². The first-order valence-corrected chi connectivity index (χ1v) is 11.7. The van der Waals surface area contributed by atoms with Crippen LogP contribution in [-0.4, -0.2) is 31.3 Å². The minimum Gasteiger partial charge on any atom is -0.325 e. The summed E-state index contributed by atoms with van der Waals surface area (Å²) in [5.41, 5.74) is 3.16. The van der Waals surface area contributed by atoms with Gasteiger partial charge >= 0.3 is 0 Å². The Labute approximate surface area is 205 Å². The van der Waals surface area contributed by atoms with Crippen LogP contribution in [0.15, 0.2) is 78.0 Å². The summed E-state index contributed by atoms with van der Waals surface area (Å²) in [4.78, 5) is 23.0. The Morgan fingerprint density at radius 3 is 2.53 bits per heavy atom. The third-order valence-electron chi connectivity index (χ3n) is 4.96. The van der Waals surface area contributed by atoms with E-state index < -0.39 is 4.92 Å². The molecule has 0 radical (unpaired) electrons. The van der Waals surface area contributed by atoms with Gasteiger partial charge in [-0.2, -0.15) is 0 Å². The molecule has 4 aromatic rings. The van der Waals surface area contributed by atoms with E-state index in [2.05, 4.69) is 15.5 Å². The summed E-state index contributed by atoms with van der Waals surface area (Å²) in [6, 6.07) is 22.1. The van der Waals surface area contributed by atoms with Crippen molar-refractivity contribution in [2.75, 3.05) is 11.1 Å². The lowest BCUT2D eigenvalue weighted by Gasteiger charge is -2.11. The fourth-order valence-electron chi connectivity index (χ4n) is 3.30. The highest BCUT2D eigenvalue weighted by molar-refractivity contribution is 7.99. The molecule has 10 heteroatoms. The van der Waals surface area contributed by atoms with Crippen molar-refractivity contribution in [3.8, 4) is 5.69 Å². The van der Waals surface area contributed by atoms with Gasteiger partial charge in [0.15, 0.2) is 5.16 Å². The SMILES string of the molecule is Cc1ccc(-n2c(Cc3ccccc3)nnc2SCC(=O)Nc2ccc(Cl)c([N+](=O)[O-])c2)cc1. The van der Waals surface area contributed by atoms with Crippen LogP contribution in [0.4, 0.5) is 11.4 Å². The number of hydrogen-bond acceptors (Lipinski definition) is 6. The van der Waals surface area contributed by atoms with Crippen molar-refractivity contribution < 1.29 is 9.72 Å². The normalized spacial score (nSPS) is 10.8. The quantitative estimate of drug-likeness (QED) is 0.198. The first-order valence-electron chi connectivity index (χ1n) is 10.3. The number of carbonyl (C=O) groups is 1. The van der Waals surface area contributed by atoms with Gasteiger partial charge in [0, 0.05) is 23.9 Å². The van der Waals surface area contributed by atoms with E-state index in [9.17, 15) is 14.9 Å². The smallest absolute Gasteiger partial charge is 0.289 e. The zero-order chi connectivity index (χ0) is 24.1. The van der Waals surface area contributed by atoms with Crippen molar-refractivity contribution in [1.82, 2.24) is 14.8 Å². The molecular weight excluding hydrogens is 474 g/mol. The Bertz CT molecular complexity index is 1330. The van der Waals surface area contributed by atoms with E-state index in [1.54, 1.807) is 0 Å². The van der Waals surface area contributed by atoms with Gasteiger partial charge in [0.2, 0.25) is 5.91 Å². The van der Waals surface area contributed by atoms with Gasteiger partial charge in [0.1, 0.15) is 10.8 Å². The summed E-state index contributed by atoms with van der Waals surface area (Å²) in [5, 5.41) is 23.0. The molecule has 0 fully saturated rings. The summed E-state index contributed by atoms with van der Waals surface area (Å²) in [6.45, 7) is 2.02. The minimum absolute atomic E-state index is 0.00881. The Kier molecular flexibility index (Phi) is 7.24. The van der Waals surface area contributed by atoms with Gasteiger partial charge in [-0.15, -0.1) is 10.2 Å². The molecule has 0 aliphatic heterocycles. The minimum atomic E-state index is -0.592. The third kappa shape index (κ3) is 5.62. The molecule has 1 N–H and O–H groups in total. The largest absolute Gasteiger partial charge is 0.325 e.